The van der Waals surface area contributed by atoms with Gasteiger partial charge in [-0.3, -0.25) is 9.47 Å². The Labute approximate surface area is 158 Å². The number of piperidine rings is 1. The molecule has 9 heteroatoms. The van der Waals surface area contributed by atoms with Crippen molar-refractivity contribution in [1.29, 1.82) is 0 Å². The number of aliphatic hydroxyl groups is 1. The van der Waals surface area contributed by atoms with E-state index in [2.05, 4.69) is 10.2 Å². The number of nitrogens with zero attached hydrogens (tertiary/aromatic N) is 5. The van der Waals surface area contributed by atoms with Crippen LogP contribution in [-0.2, 0) is 0 Å². The van der Waals surface area contributed by atoms with Crippen LogP contribution in [0.25, 0.3) is 5.69 Å². The van der Waals surface area contributed by atoms with Crippen molar-refractivity contribution in [3.05, 3.63) is 30.9 Å². The van der Waals surface area contributed by atoms with E-state index in [-0.39, 0.29) is 0 Å². The summed E-state index contributed by atoms with van der Waals surface area (Å²) in [6.07, 6.45) is 1.90. The number of nitrogen functional groups attached to an aromatic ring is 1. The summed E-state index contributed by atoms with van der Waals surface area (Å²) in [5.41, 5.74) is 7.75. The van der Waals surface area contributed by atoms with E-state index in [1.165, 1.54) is 4.90 Å². The van der Waals surface area contributed by atoms with Crippen LogP contribution in [-0.4, -0.2) is 66.7 Å². The van der Waals surface area contributed by atoms with Crippen molar-refractivity contribution < 1.29 is 15.0 Å². The lowest BCUT2D eigenvalue weighted by molar-refractivity contribution is -0.000757. The molecule has 1 aromatic carbocycles. The number of nitrogens with two attached hydrogens (primary N) is 1. The van der Waals surface area contributed by atoms with E-state index >= 15 is 0 Å². The molecule has 0 spiro atoms. The Morgan fingerprint density at radius 2 is 1.85 bits per heavy atom. The highest BCUT2D eigenvalue weighted by atomic mass is 16.4. The summed E-state index contributed by atoms with van der Waals surface area (Å²) >= 11 is 0. The van der Waals surface area contributed by atoms with E-state index < -0.39 is 23.8 Å². The van der Waals surface area contributed by atoms with Gasteiger partial charge in [0.1, 0.15) is 12.7 Å². The quantitative estimate of drug-likeness (QED) is 0.697. The molecule has 0 aliphatic carbocycles. The first-order valence-corrected chi connectivity index (χ1v) is 8.87. The van der Waals surface area contributed by atoms with Crippen LogP contribution < -0.4 is 10.6 Å². The van der Waals surface area contributed by atoms with Crippen molar-refractivity contribution >= 4 is 17.5 Å². The molecule has 0 bridgehead atoms. The number of rotatable bonds is 3. The van der Waals surface area contributed by atoms with Crippen LogP contribution in [0.5, 0.6) is 0 Å². The molecule has 2 heterocycles. The number of hydrogen-bond donors (Lipinski definition) is 3. The summed E-state index contributed by atoms with van der Waals surface area (Å²) < 4.78 is 1.76. The lowest BCUT2D eigenvalue weighted by Crippen LogP contribution is -2.60. The molecule has 1 aromatic heterocycles. The average molecular weight is 374 g/mol. The molecule has 1 aliphatic rings. The van der Waals surface area contributed by atoms with Crippen molar-refractivity contribution in [1.82, 2.24) is 19.7 Å². The monoisotopic (exact) mass is 374 g/mol. The molecule has 146 valence electrons. The number of carboxylic acid groups (broad SMARTS) is 1. The zero-order chi connectivity index (χ0) is 19.8. The number of benzene rings is 1. The van der Waals surface area contributed by atoms with Gasteiger partial charge in [0.25, 0.3) is 0 Å². The van der Waals surface area contributed by atoms with Crippen molar-refractivity contribution in [2.45, 2.75) is 44.9 Å². The third-order valence-electron chi connectivity index (χ3n) is 4.81. The van der Waals surface area contributed by atoms with E-state index in [1.807, 2.05) is 43.9 Å². The second-order valence-corrected chi connectivity index (χ2v) is 7.84. The molecular formula is C18H26N6O3. The normalized spacial score (nSPS) is 20.5. The van der Waals surface area contributed by atoms with Gasteiger partial charge in [-0.25, -0.2) is 4.79 Å². The Kier molecular flexibility index (Phi) is 4.97. The Morgan fingerprint density at radius 3 is 2.41 bits per heavy atom. The van der Waals surface area contributed by atoms with Crippen LogP contribution in [0, 0.1) is 0 Å². The summed E-state index contributed by atoms with van der Waals surface area (Å²) in [5.74, 6) is 0. The topological polar surface area (TPSA) is 121 Å². The maximum absolute atomic E-state index is 11.7. The highest BCUT2D eigenvalue weighted by Crippen LogP contribution is 2.29. The predicted octanol–water partition coefficient (Wildman–Crippen LogP) is 1.57. The van der Waals surface area contributed by atoms with Gasteiger partial charge in [0, 0.05) is 30.0 Å². The molecule has 2 aromatic rings. The minimum Gasteiger partial charge on any atom is -0.465 e. The Balaban J connectivity index is 1.81. The minimum absolute atomic E-state index is 0.329. The Morgan fingerprint density at radius 1 is 1.22 bits per heavy atom. The van der Waals surface area contributed by atoms with E-state index in [0.29, 0.717) is 25.2 Å². The van der Waals surface area contributed by atoms with Crippen LogP contribution in [0.3, 0.4) is 0 Å². The fourth-order valence-electron chi connectivity index (χ4n) is 3.66. The number of amides is 1. The molecule has 1 amide bonds. The first kappa shape index (κ1) is 19.0. The SMILES string of the molecule is CC(C)(C)N(C(=O)O)[C@H]1CCN(c2cc(N)cc(-n3cnnc3)c2)C[C@@H]1O. The standard InChI is InChI=1S/C18H26N6O3/c1-18(2,3)24(17(26)27)15-4-5-22(9-16(15)25)13-6-12(19)7-14(8-13)23-10-20-21-11-23/h6-8,10-11,15-16,25H,4-5,9,19H2,1-3H3,(H,26,27)/t15-,16-/m0/s1. The first-order chi connectivity index (χ1) is 12.7. The molecule has 9 nitrogen and oxygen atoms in total. The molecule has 1 fully saturated rings. The summed E-state index contributed by atoms with van der Waals surface area (Å²) in [6.45, 7) is 6.46. The summed E-state index contributed by atoms with van der Waals surface area (Å²) in [5, 5.41) is 27.9. The predicted molar refractivity (Wildman–Crippen MR) is 102 cm³/mol. The van der Waals surface area contributed by atoms with Crippen LogP contribution in [0.15, 0.2) is 30.9 Å². The largest absolute Gasteiger partial charge is 0.465 e. The fourth-order valence-corrected chi connectivity index (χ4v) is 3.66. The summed E-state index contributed by atoms with van der Waals surface area (Å²) in [6, 6.07) is 5.17. The molecule has 0 unspecified atom stereocenters. The third-order valence-corrected chi connectivity index (χ3v) is 4.81. The number of aliphatic hydroxyl groups excluding tert-OH is 1. The van der Waals surface area contributed by atoms with Crippen LogP contribution in [0.4, 0.5) is 16.2 Å². The zero-order valence-electron chi connectivity index (χ0n) is 15.8. The van der Waals surface area contributed by atoms with Gasteiger partial charge in [-0.15, -0.1) is 10.2 Å². The van der Waals surface area contributed by atoms with Crippen molar-refractivity contribution in [3.63, 3.8) is 0 Å². The van der Waals surface area contributed by atoms with Crippen molar-refractivity contribution in [2.75, 3.05) is 23.7 Å². The van der Waals surface area contributed by atoms with E-state index in [4.69, 9.17) is 5.73 Å². The highest BCUT2D eigenvalue weighted by Gasteiger charge is 2.40. The van der Waals surface area contributed by atoms with Crippen molar-refractivity contribution in [3.8, 4) is 5.69 Å². The van der Waals surface area contributed by atoms with Gasteiger partial charge in [-0.1, -0.05) is 0 Å². The highest BCUT2D eigenvalue weighted by molar-refractivity contribution is 5.67. The molecule has 1 saturated heterocycles. The Bertz CT molecular complexity index is 802. The number of hydrogen-bond acceptors (Lipinski definition) is 6. The molecule has 3 rings (SSSR count). The van der Waals surface area contributed by atoms with Gasteiger partial charge in [-0.05, 0) is 45.4 Å². The van der Waals surface area contributed by atoms with E-state index in [9.17, 15) is 15.0 Å². The first-order valence-electron chi connectivity index (χ1n) is 8.87. The smallest absolute Gasteiger partial charge is 0.408 e. The van der Waals surface area contributed by atoms with Crippen LogP contribution in [0.2, 0.25) is 0 Å². The van der Waals surface area contributed by atoms with Gasteiger partial charge in [0.15, 0.2) is 0 Å². The van der Waals surface area contributed by atoms with Crippen molar-refractivity contribution in [2.24, 2.45) is 0 Å². The number of aromatic nitrogens is 3. The minimum atomic E-state index is -1.01. The number of carbonyl (C=O) groups is 1. The third kappa shape index (κ3) is 3.97. The molecule has 0 radical (unpaired) electrons. The van der Waals surface area contributed by atoms with Gasteiger partial charge in [-0.2, -0.15) is 0 Å². The van der Waals surface area contributed by atoms with E-state index in [1.54, 1.807) is 17.2 Å². The number of anilines is 2. The zero-order valence-corrected chi connectivity index (χ0v) is 15.8. The summed E-state index contributed by atoms with van der Waals surface area (Å²) in [7, 11) is 0. The van der Waals surface area contributed by atoms with Crippen LogP contribution in [0.1, 0.15) is 27.2 Å². The van der Waals surface area contributed by atoms with Crippen LogP contribution >= 0.6 is 0 Å². The average Bonchev–Trinajstić information content (AvgIpc) is 3.09. The lowest BCUT2D eigenvalue weighted by atomic mass is 9.94. The molecule has 27 heavy (non-hydrogen) atoms. The van der Waals surface area contributed by atoms with Gasteiger partial charge in [0.2, 0.25) is 0 Å². The van der Waals surface area contributed by atoms with E-state index in [0.717, 1.165) is 11.4 Å². The van der Waals surface area contributed by atoms with Gasteiger partial charge >= 0.3 is 6.09 Å². The molecule has 1 aliphatic heterocycles. The molecular weight excluding hydrogens is 348 g/mol. The maximum Gasteiger partial charge on any atom is 0.408 e. The molecule has 2 atom stereocenters. The fraction of sp³-hybridized carbons (Fsp3) is 0.500. The molecule has 0 saturated carbocycles. The van der Waals surface area contributed by atoms with Gasteiger partial charge < -0.3 is 20.8 Å². The summed E-state index contributed by atoms with van der Waals surface area (Å²) in [4.78, 5) is 15.1. The van der Waals surface area contributed by atoms with Gasteiger partial charge in [0.05, 0.1) is 17.8 Å². The Hall–Kier alpha value is -2.81. The lowest BCUT2D eigenvalue weighted by Gasteiger charge is -2.46. The second-order valence-electron chi connectivity index (χ2n) is 7.84. The molecule has 4 N–H and O–H groups in total. The number of β-amino-alcohol motifs (C(OH)–C–C–N with tert-alkyl or cyclic N) is 1. The maximum atomic E-state index is 11.7. The second kappa shape index (κ2) is 7.07.